The molecule has 0 radical (unpaired) electrons. The molecule has 4 rings (SSSR count). The van der Waals surface area contributed by atoms with Crippen LogP contribution in [0, 0.1) is 6.92 Å². The number of thiazole rings is 1. The van der Waals surface area contributed by atoms with Gasteiger partial charge in [-0.15, -0.1) is 0 Å². The maximum absolute atomic E-state index is 13.8. The lowest BCUT2D eigenvalue weighted by molar-refractivity contribution is -0.118. The number of anilines is 2. The number of alkyl halides is 3. The molecule has 7 nitrogen and oxygen atoms in total. The summed E-state index contributed by atoms with van der Waals surface area (Å²) in [6.45, 7) is 4.85. The summed E-state index contributed by atoms with van der Waals surface area (Å²) in [5, 5.41) is 12.4. The number of benzene rings is 1. The molecule has 0 spiro atoms. The van der Waals surface area contributed by atoms with Crippen LogP contribution in [0.4, 0.5) is 24.0 Å². The molecule has 0 bridgehead atoms. The number of piperidine rings is 1. The van der Waals surface area contributed by atoms with Gasteiger partial charge in [-0.05, 0) is 63.6 Å². The van der Waals surface area contributed by atoms with Gasteiger partial charge in [-0.25, -0.2) is 4.98 Å². The highest BCUT2D eigenvalue weighted by molar-refractivity contribution is 7.17. The molecule has 1 unspecified atom stereocenters. The van der Waals surface area contributed by atoms with Crippen LogP contribution in [-0.2, 0) is 4.79 Å². The van der Waals surface area contributed by atoms with Gasteiger partial charge in [0.05, 0.1) is 22.4 Å². The minimum atomic E-state index is -4.60. The molecule has 198 valence electrons. The van der Waals surface area contributed by atoms with Crippen LogP contribution < -0.4 is 21.3 Å². The number of hydrogen-bond donors (Lipinski definition) is 4. The van der Waals surface area contributed by atoms with Gasteiger partial charge in [0.2, 0.25) is 0 Å². The second kappa shape index (κ2) is 10.8. The molecule has 1 aromatic heterocycles. The van der Waals surface area contributed by atoms with Crippen LogP contribution in [0.2, 0.25) is 5.02 Å². The van der Waals surface area contributed by atoms with E-state index in [1.54, 1.807) is 19.1 Å². The van der Waals surface area contributed by atoms with E-state index in [1.165, 1.54) is 12.3 Å². The number of para-hydroxylation sites is 1. The molecule has 1 atom stereocenters. The maximum Gasteiger partial charge on any atom is 0.412 e. The lowest BCUT2D eigenvalue weighted by Gasteiger charge is -2.33. The largest absolute Gasteiger partial charge is 0.412 e. The molecule has 37 heavy (non-hydrogen) atoms. The van der Waals surface area contributed by atoms with E-state index in [-0.39, 0.29) is 21.6 Å². The van der Waals surface area contributed by atoms with Crippen molar-refractivity contribution in [3.05, 3.63) is 63.2 Å². The third kappa shape index (κ3) is 6.71. The lowest BCUT2D eigenvalue weighted by atomic mass is 9.84. The van der Waals surface area contributed by atoms with E-state index in [9.17, 15) is 22.8 Å². The zero-order valence-corrected chi connectivity index (χ0v) is 21.8. The van der Waals surface area contributed by atoms with Gasteiger partial charge < -0.3 is 21.3 Å². The molecule has 0 saturated carbocycles. The Bertz CT molecular complexity index is 1230. The Morgan fingerprint density at radius 3 is 2.62 bits per heavy atom. The third-order valence-electron chi connectivity index (χ3n) is 6.24. The summed E-state index contributed by atoms with van der Waals surface area (Å²) < 4.78 is 41.3. The van der Waals surface area contributed by atoms with E-state index in [0.717, 1.165) is 36.1 Å². The van der Waals surface area contributed by atoms with Crippen LogP contribution in [0.5, 0.6) is 0 Å². The predicted octanol–water partition coefficient (Wildman–Crippen LogP) is 5.21. The standard InChI is InChI=1S/C25H27ClF3N5O2S/c1-14-4-3-5-18(26)20(14)33-22(36)19-13-31-23(37-19)34-24(2)11-15(10-16(12-24)25(27,28)29)21(35)32-17-6-8-30-9-7-17/h3-5,10-11,13,17,30H,6-9,12H2,1-2H3,(H,31,34)(H,32,35)(H,33,36). The zero-order valence-electron chi connectivity index (χ0n) is 20.3. The highest BCUT2D eigenvalue weighted by atomic mass is 35.5. The maximum atomic E-state index is 13.8. The number of hydrogen-bond acceptors (Lipinski definition) is 6. The minimum Gasteiger partial charge on any atom is -0.353 e. The normalized spacial score (nSPS) is 20.6. The van der Waals surface area contributed by atoms with Crippen LogP contribution in [0.1, 0.15) is 41.4 Å². The highest BCUT2D eigenvalue weighted by Crippen LogP contribution is 2.39. The van der Waals surface area contributed by atoms with Crippen LogP contribution in [0.3, 0.4) is 0 Å². The molecule has 2 aliphatic rings. The SMILES string of the molecule is Cc1cccc(Cl)c1NC(=O)c1cnc(NC2(C)C=C(C(=O)NC3CCNCC3)C=C(C(F)(F)F)C2)s1. The van der Waals surface area contributed by atoms with Gasteiger partial charge in [0.15, 0.2) is 5.13 Å². The number of amides is 2. The summed E-state index contributed by atoms with van der Waals surface area (Å²) in [6.07, 6.45) is 0.165. The van der Waals surface area contributed by atoms with Crippen molar-refractivity contribution in [2.45, 2.75) is 50.9 Å². The predicted molar refractivity (Wildman–Crippen MR) is 139 cm³/mol. The lowest BCUT2D eigenvalue weighted by Crippen LogP contribution is -2.44. The van der Waals surface area contributed by atoms with Gasteiger partial charge in [0, 0.05) is 23.6 Å². The number of halogens is 4. The zero-order chi connectivity index (χ0) is 26.8. The second-order valence-corrected chi connectivity index (χ2v) is 10.8. The Kier molecular flexibility index (Phi) is 7.96. The molecule has 1 aromatic carbocycles. The van der Waals surface area contributed by atoms with E-state index >= 15 is 0 Å². The van der Waals surface area contributed by atoms with E-state index in [1.807, 2.05) is 13.0 Å². The second-order valence-electron chi connectivity index (χ2n) is 9.40. The molecule has 1 saturated heterocycles. The number of carbonyl (C=O) groups is 2. The van der Waals surface area contributed by atoms with Gasteiger partial charge in [0.1, 0.15) is 4.88 Å². The number of carbonyl (C=O) groups excluding carboxylic acids is 2. The number of nitrogens with zero attached hydrogens (tertiary/aromatic N) is 1. The van der Waals surface area contributed by atoms with Gasteiger partial charge >= 0.3 is 6.18 Å². The Morgan fingerprint density at radius 1 is 1.22 bits per heavy atom. The first-order valence-electron chi connectivity index (χ1n) is 11.8. The fraction of sp³-hybridized carbons (Fsp3) is 0.400. The van der Waals surface area contributed by atoms with Crippen molar-refractivity contribution in [2.24, 2.45) is 0 Å². The Labute approximate surface area is 221 Å². The van der Waals surface area contributed by atoms with Gasteiger partial charge in [-0.1, -0.05) is 35.1 Å². The summed E-state index contributed by atoms with van der Waals surface area (Å²) >= 11 is 7.18. The van der Waals surface area contributed by atoms with Crippen molar-refractivity contribution in [1.82, 2.24) is 15.6 Å². The molecule has 4 N–H and O–H groups in total. The highest BCUT2D eigenvalue weighted by Gasteiger charge is 2.41. The van der Waals surface area contributed by atoms with Crippen molar-refractivity contribution in [3.63, 3.8) is 0 Å². The van der Waals surface area contributed by atoms with Crippen molar-refractivity contribution in [1.29, 1.82) is 0 Å². The van der Waals surface area contributed by atoms with E-state index in [0.29, 0.717) is 23.6 Å². The summed E-state index contributed by atoms with van der Waals surface area (Å²) in [4.78, 5) is 30.1. The molecule has 2 heterocycles. The molecule has 2 aromatic rings. The number of aromatic nitrogens is 1. The number of nitrogens with one attached hydrogen (secondary N) is 4. The Hall–Kier alpha value is -2.89. The summed E-state index contributed by atoms with van der Waals surface area (Å²) in [5.41, 5.74) is -0.875. The molecular weight excluding hydrogens is 527 g/mol. The molecular formula is C25H27ClF3N5O2S. The smallest absolute Gasteiger partial charge is 0.353 e. The molecule has 2 amide bonds. The van der Waals surface area contributed by atoms with Crippen LogP contribution >= 0.6 is 22.9 Å². The average Bonchev–Trinajstić information content (AvgIpc) is 3.29. The van der Waals surface area contributed by atoms with E-state index in [2.05, 4.69) is 26.3 Å². The van der Waals surface area contributed by atoms with Gasteiger partial charge in [0.25, 0.3) is 11.8 Å². The molecule has 1 fully saturated rings. The van der Waals surface area contributed by atoms with Crippen molar-refractivity contribution >= 4 is 45.6 Å². The van der Waals surface area contributed by atoms with Crippen LogP contribution in [0.25, 0.3) is 0 Å². The molecule has 1 aliphatic carbocycles. The first-order chi connectivity index (χ1) is 17.4. The summed E-state index contributed by atoms with van der Waals surface area (Å²) in [5.74, 6) is -0.986. The quantitative estimate of drug-likeness (QED) is 0.394. The number of aryl methyl sites for hydroxylation is 1. The Morgan fingerprint density at radius 2 is 1.95 bits per heavy atom. The fourth-order valence-electron chi connectivity index (χ4n) is 4.35. The van der Waals surface area contributed by atoms with Crippen molar-refractivity contribution in [2.75, 3.05) is 23.7 Å². The first-order valence-corrected chi connectivity index (χ1v) is 13.0. The first kappa shape index (κ1) is 27.2. The Balaban J connectivity index is 1.52. The number of rotatable bonds is 6. The topological polar surface area (TPSA) is 95.2 Å². The van der Waals surface area contributed by atoms with Crippen molar-refractivity contribution in [3.8, 4) is 0 Å². The van der Waals surface area contributed by atoms with E-state index in [4.69, 9.17) is 11.6 Å². The van der Waals surface area contributed by atoms with Crippen LogP contribution in [-0.4, -0.2) is 47.6 Å². The third-order valence-corrected chi connectivity index (χ3v) is 7.47. The van der Waals surface area contributed by atoms with Gasteiger partial charge in [-0.3, -0.25) is 9.59 Å². The molecule has 12 heteroatoms. The van der Waals surface area contributed by atoms with Crippen molar-refractivity contribution < 1.29 is 22.8 Å². The average molecular weight is 554 g/mol. The minimum absolute atomic E-state index is 0.0594. The molecule has 1 aliphatic heterocycles. The summed E-state index contributed by atoms with van der Waals surface area (Å²) in [6, 6.07) is 5.14. The van der Waals surface area contributed by atoms with Gasteiger partial charge in [-0.2, -0.15) is 13.2 Å². The fourth-order valence-corrected chi connectivity index (χ4v) is 5.46. The van der Waals surface area contributed by atoms with E-state index < -0.39 is 35.5 Å². The summed E-state index contributed by atoms with van der Waals surface area (Å²) in [7, 11) is 0. The van der Waals surface area contributed by atoms with Crippen LogP contribution in [0.15, 0.2) is 47.7 Å². The monoisotopic (exact) mass is 553 g/mol.